The third-order valence-corrected chi connectivity index (χ3v) is 6.04. The highest BCUT2D eigenvalue weighted by Gasteiger charge is 2.31. The lowest BCUT2D eigenvalue weighted by molar-refractivity contribution is -0.122. The van der Waals surface area contributed by atoms with Gasteiger partial charge in [-0.2, -0.15) is 5.10 Å². The number of carbonyl (C=O) groups excluding carboxylic acids is 2. The Hall–Kier alpha value is -4.26. The summed E-state index contributed by atoms with van der Waals surface area (Å²) in [6, 6.07) is 23.9. The smallest absolute Gasteiger partial charge is 0.359 e. The number of rotatable bonds is 5. The Balaban J connectivity index is 1.41. The second-order valence-electron chi connectivity index (χ2n) is 8.36. The molecule has 3 aromatic carbocycles. The first kappa shape index (κ1) is 21.6. The zero-order valence-corrected chi connectivity index (χ0v) is 18.7. The van der Waals surface area contributed by atoms with Crippen LogP contribution in [0.1, 0.15) is 28.5 Å². The van der Waals surface area contributed by atoms with Crippen molar-refractivity contribution < 1.29 is 14.3 Å². The van der Waals surface area contributed by atoms with Crippen molar-refractivity contribution in [3.05, 3.63) is 106 Å². The summed E-state index contributed by atoms with van der Waals surface area (Å²) >= 11 is 0. The number of amides is 1. The van der Waals surface area contributed by atoms with E-state index in [2.05, 4.69) is 5.10 Å². The number of benzene rings is 3. The first-order chi connectivity index (χ1) is 16.5. The monoisotopic (exact) mass is 453 g/mol. The van der Waals surface area contributed by atoms with Crippen LogP contribution in [-0.2, 0) is 22.5 Å². The minimum atomic E-state index is -0.744. The lowest BCUT2D eigenvalue weighted by atomic mass is 10.1. The number of esters is 1. The van der Waals surface area contributed by atoms with Crippen LogP contribution in [0, 0.1) is 0 Å². The SMILES string of the molecule is CC1Cc2ccccc2N1C(=O)COC(=O)c1nn(Cc2ccccc2)c(=O)c2ccccc12. The molecule has 170 valence electrons. The van der Waals surface area contributed by atoms with E-state index in [-0.39, 0.29) is 29.7 Å². The molecule has 34 heavy (non-hydrogen) atoms. The van der Waals surface area contributed by atoms with Gasteiger partial charge in [0.25, 0.3) is 11.5 Å². The van der Waals surface area contributed by atoms with Crippen LogP contribution in [0.2, 0.25) is 0 Å². The normalized spacial score (nSPS) is 14.7. The molecule has 0 aliphatic carbocycles. The molecule has 0 fully saturated rings. The molecule has 0 spiro atoms. The summed E-state index contributed by atoms with van der Waals surface area (Å²) < 4.78 is 6.67. The van der Waals surface area contributed by atoms with Crippen LogP contribution in [0.4, 0.5) is 5.69 Å². The molecule has 4 aromatic rings. The summed E-state index contributed by atoms with van der Waals surface area (Å²) in [5.74, 6) is -1.04. The van der Waals surface area contributed by atoms with Crippen molar-refractivity contribution >= 4 is 28.3 Å². The molecule has 0 bridgehead atoms. The molecule has 1 aromatic heterocycles. The number of carbonyl (C=O) groups is 2. The van der Waals surface area contributed by atoms with Gasteiger partial charge in [0, 0.05) is 17.1 Å². The topological polar surface area (TPSA) is 81.5 Å². The molecule has 2 heterocycles. The van der Waals surface area contributed by atoms with Crippen molar-refractivity contribution in [3.8, 4) is 0 Å². The van der Waals surface area contributed by atoms with E-state index in [0.717, 1.165) is 23.2 Å². The van der Waals surface area contributed by atoms with Gasteiger partial charge in [-0.3, -0.25) is 9.59 Å². The van der Waals surface area contributed by atoms with Crippen molar-refractivity contribution in [1.82, 2.24) is 9.78 Å². The summed E-state index contributed by atoms with van der Waals surface area (Å²) in [5.41, 5.74) is 2.53. The fourth-order valence-electron chi connectivity index (χ4n) is 4.46. The highest BCUT2D eigenvalue weighted by atomic mass is 16.5. The maximum absolute atomic E-state index is 13.1. The predicted molar refractivity (Wildman–Crippen MR) is 129 cm³/mol. The van der Waals surface area contributed by atoms with E-state index in [4.69, 9.17) is 4.74 Å². The number of para-hydroxylation sites is 1. The van der Waals surface area contributed by atoms with E-state index in [9.17, 15) is 14.4 Å². The van der Waals surface area contributed by atoms with Gasteiger partial charge in [-0.1, -0.05) is 66.7 Å². The van der Waals surface area contributed by atoms with E-state index in [0.29, 0.717) is 10.8 Å². The summed E-state index contributed by atoms with van der Waals surface area (Å²) in [7, 11) is 0. The van der Waals surface area contributed by atoms with Gasteiger partial charge in [0.15, 0.2) is 12.3 Å². The summed E-state index contributed by atoms with van der Waals surface area (Å²) in [6.45, 7) is 1.77. The molecule has 1 amide bonds. The number of nitrogens with zero attached hydrogens (tertiary/aromatic N) is 3. The largest absolute Gasteiger partial charge is 0.451 e. The molecule has 0 saturated heterocycles. The minimum absolute atomic E-state index is 0.00815. The standard InChI is InChI=1S/C27H23N3O4/c1-18-15-20-11-5-8-14-23(20)30(18)24(31)17-34-27(33)25-21-12-6-7-13-22(21)26(32)29(28-25)16-19-9-3-2-4-10-19/h2-14,18H,15-17H2,1H3. The highest BCUT2D eigenvalue weighted by molar-refractivity contribution is 6.04. The van der Waals surface area contributed by atoms with Gasteiger partial charge in [0.2, 0.25) is 0 Å². The number of fused-ring (bicyclic) bond motifs is 2. The van der Waals surface area contributed by atoms with E-state index >= 15 is 0 Å². The molecular formula is C27H23N3O4. The van der Waals surface area contributed by atoms with Crippen molar-refractivity contribution in [2.75, 3.05) is 11.5 Å². The number of ether oxygens (including phenoxy) is 1. The lowest BCUT2D eigenvalue weighted by Crippen LogP contribution is -2.39. The van der Waals surface area contributed by atoms with E-state index < -0.39 is 12.6 Å². The first-order valence-corrected chi connectivity index (χ1v) is 11.1. The maximum atomic E-state index is 13.1. The second kappa shape index (κ2) is 8.94. The van der Waals surface area contributed by atoms with Gasteiger partial charge in [0.1, 0.15) is 0 Å². The van der Waals surface area contributed by atoms with Gasteiger partial charge in [-0.15, -0.1) is 0 Å². The Morgan fingerprint density at radius 3 is 2.41 bits per heavy atom. The Kier molecular flexibility index (Phi) is 5.67. The number of anilines is 1. The van der Waals surface area contributed by atoms with Crippen LogP contribution in [-0.4, -0.2) is 34.3 Å². The van der Waals surface area contributed by atoms with E-state index in [1.54, 1.807) is 29.2 Å². The Bertz CT molecular complexity index is 1450. The molecule has 1 aliphatic rings. The van der Waals surface area contributed by atoms with E-state index in [1.165, 1.54) is 4.68 Å². The molecule has 1 aliphatic heterocycles. The van der Waals surface area contributed by atoms with Crippen molar-refractivity contribution in [3.63, 3.8) is 0 Å². The van der Waals surface area contributed by atoms with Crippen molar-refractivity contribution in [1.29, 1.82) is 0 Å². The molecule has 1 atom stereocenters. The lowest BCUT2D eigenvalue weighted by Gasteiger charge is -2.22. The Labute approximate surface area is 196 Å². The number of hydrogen-bond acceptors (Lipinski definition) is 5. The van der Waals surface area contributed by atoms with Crippen molar-refractivity contribution in [2.24, 2.45) is 0 Å². The van der Waals surface area contributed by atoms with Crippen LogP contribution in [0.3, 0.4) is 0 Å². The van der Waals surface area contributed by atoms with Crippen molar-refractivity contribution in [2.45, 2.75) is 25.9 Å². The van der Waals surface area contributed by atoms with Gasteiger partial charge < -0.3 is 9.64 Å². The molecule has 0 radical (unpaired) electrons. The molecule has 1 unspecified atom stereocenters. The minimum Gasteiger partial charge on any atom is -0.451 e. The molecular weight excluding hydrogens is 430 g/mol. The fraction of sp³-hybridized carbons (Fsp3) is 0.185. The average molecular weight is 453 g/mol. The maximum Gasteiger partial charge on any atom is 0.359 e. The number of aromatic nitrogens is 2. The molecule has 0 saturated carbocycles. The summed E-state index contributed by atoms with van der Waals surface area (Å²) in [6.07, 6.45) is 0.756. The third kappa shape index (κ3) is 3.96. The van der Waals surface area contributed by atoms with Crippen LogP contribution in [0.5, 0.6) is 0 Å². The summed E-state index contributed by atoms with van der Waals surface area (Å²) in [4.78, 5) is 40.7. The quantitative estimate of drug-likeness (QED) is 0.432. The van der Waals surface area contributed by atoms with Gasteiger partial charge in [0.05, 0.1) is 11.9 Å². The molecule has 5 rings (SSSR count). The van der Waals surface area contributed by atoms with Gasteiger partial charge in [-0.25, -0.2) is 9.48 Å². The summed E-state index contributed by atoms with van der Waals surface area (Å²) in [5, 5.41) is 5.09. The van der Waals surface area contributed by atoms with Gasteiger partial charge in [-0.05, 0) is 36.6 Å². The van der Waals surface area contributed by atoms with Crippen LogP contribution >= 0.6 is 0 Å². The second-order valence-corrected chi connectivity index (χ2v) is 8.36. The highest BCUT2D eigenvalue weighted by Crippen LogP contribution is 2.31. The fourth-order valence-corrected chi connectivity index (χ4v) is 4.46. The first-order valence-electron chi connectivity index (χ1n) is 11.1. The van der Waals surface area contributed by atoms with Crippen LogP contribution in [0.15, 0.2) is 83.7 Å². The van der Waals surface area contributed by atoms with E-state index in [1.807, 2.05) is 61.5 Å². The molecule has 7 heteroatoms. The zero-order valence-electron chi connectivity index (χ0n) is 18.7. The zero-order chi connectivity index (χ0) is 23.7. The predicted octanol–water partition coefficient (Wildman–Crippen LogP) is 3.58. The Morgan fingerprint density at radius 2 is 1.62 bits per heavy atom. The Morgan fingerprint density at radius 1 is 0.941 bits per heavy atom. The molecule has 0 N–H and O–H groups in total. The van der Waals surface area contributed by atoms with Crippen LogP contribution in [0.25, 0.3) is 10.8 Å². The van der Waals surface area contributed by atoms with Gasteiger partial charge >= 0.3 is 5.97 Å². The third-order valence-electron chi connectivity index (χ3n) is 6.04. The number of hydrogen-bond donors (Lipinski definition) is 0. The molecule has 7 nitrogen and oxygen atoms in total. The van der Waals surface area contributed by atoms with Crippen LogP contribution < -0.4 is 10.5 Å². The average Bonchev–Trinajstić information content (AvgIpc) is 3.20.